The Balaban J connectivity index is 0.00000210. The molecule has 3 rings (SSSR count). The van der Waals surface area contributed by atoms with Gasteiger partial charge in [-0.3, -0.25) is 15.1 Å². The van der Waals surface area contributed by atoms with Gasteiger partial charge < -0.3 is 10.1 Å². The minimum absolute atomic E-state index is 0. The van der Waals surface area contributed by atoms with Crippen LogP contribution in [-0.2, 0) is 0 Å². The van der Waals surface area contributed by atoms with Crippen molar-refractivity contribution in [1.82, 2.24) is 9.63 Å². The number of hydrogen-bond donors (Lipinski definition) is 1. The molecule has 0 aliphatic carbocycles. The number of aryl methyl sites for hydroxylation is 2. The van der Waals surface area contributed by atoms with Crippen LogP contribution in [0.2, 0.25) is 0 Å². The Morgan fingerprint density at radius 3 is 2.38 bits per heavy atom. The number of nitro benzene ring substituents is 1. The van der Waals surface area contributed by atoms with Crippen LogP contribution in [0.15, 0.2) is 35.3 Å². The third-order valence-electron chi connectivity index (χ3n) is 4.74. The summed E-state index contributed by atoms with van der Waals surface area (Å²) < 4.78 is 1.07. The van der Waals surface area contributed by atoms with Gasteiger partial charge in [0.2, 0.25) is 0 Å². The molecule has 0 aliphatic rings. The van der Waals surface area contributed by atoms with E-state index in [0.29, 0.717) is 33.7 Å². The molecular weight excluding hydrogens is 415 g/mol. The summed E-state index contributed by atoms with van der Waals surface area (Å²) in [5, 5.41) is 24.2. The number of nitro groups is 1. The summed E-state index contributed by atoms with van der Waals surface area (Å²) in [5.74, 6) is 0. The smallest absolute Gasteiger partial charge is 0.281 e. The largest absolute Gasteiger partial charge is 0.428 e. The summed E-state index contributed by atoms with van der Waals surface area (Å²) in [6, 6.07) is 8.78. The van der Waals surface area contributed by atoms with Crippen LogP contribution in [0.1, 0.15) is 17.5 Å². The average Bonchev–Trinajstić information content (AvgIpc) is 2.60. The Hall–Kier alpha value is -2.35. The monoisotopic (exact) mass is 440 g/mol. The Labute approximate surface area is 181 Å². The number of aromatic nitrogens is 1. The zero-order chi connectivity index (χ0) is 19.7. The van der Waals surface area contributed by atoms with Crippen molar-refractivity contribution >= 4 is 52.3 Å². The summed E-state index contributed by atoms with van der Waals surface area (Å²) in [5.41, 5.74) is 2.64. The Bertz CT molecular complexity index is 1110. The Kier molecular flexibility index (Phi) is 8.44. The van der Waals surface area contributed by atoms with Crippen molar-refractivity contribution in [3.8, 4) is 0 Å². The third-order valence-corrected chi connectivity index (χ3v) is 4.74. The van der Waals surface area contributed by atoms with E-state index in [2.05, 4.69) is 4.90 Å². The van der Waals surface area contributed by atoms with Crippen LogP contribution in [0.5, 0.6) is 0 Å². The molecule has 0 unspecified atom stereocenters. The molecule has 1 aromatic heterocycles. The number of benzene rings is 2. The minimum Gasteiger partial charge on any atom is -0.428 e. The van der Waals surface area contributed by atoms with Gasteiger partial charge >= 0.3 is 0 Å². The Morgan fingerprint density at radius 2 is 1.76 bits per heavy atom. The number of fused-ring (bicyclic) bond motifs is 2. The molecule has 0 radical (unpaired) electrons. The number of non-ortho nitro benzene ring substituents is 1. The lowest BCUT2D eigenvalue weighted by Gasteiger charge is -2.14. The second-order valence-electron chi connectivity index (χ2n) is 7.05. The van der Waals surface area contributed by atoms with E-state index in [1.165, 1.54) is 6.07 Å². The molecule has 9 heteroatoms. The van der Waals surface area contributed by atoms with Crippen molar-refractivity contribution in [3.05, 3.63) is 56.9 Å². The predicted molar refractivity (Wildman–Crippen MR) is 121 cm³/mol. The predicted octanol–water partition coefficient (Wildman–Crippen LogP) is 4.25. The van der Waals surface area contributed by atoms with E-state index in [-0.39, 0.29) is 30.5 Å². The maximum absolute atomic E-state index is 11.7. The number of hydrogen-bond acceptors (Lipinski definition) is 5. The van der Waals surface area contributed by atoms with E-state index in [1.54, 1.807) is 6.07 Å². The molecule has 2 aromatic carbocycles. The van der Waals surface area contributed by atoms with Crippen LogP contribution >= 0.6 is 24.8 Å². The quantitative estimate of drug-likeness (QED) is 0.211. The van der Waals surface area contributed by atoms with Gasteiger partial charge in [-0.1, -0.05) is 24.3 Å². The highest BCUT2D eigenvalue weighted by Crippen LogP contribution is 2.29. The van der Waals surface area contributed by atoms with Gasteiger partial charge in [0.15, 0.2) is 0 Å². The summed E-state index contributed by atoms with van der Waals surface area (Å²) in [6.45, 7) is 5.17. The van der Waals surface area contributed by atoms with E-state index >= 15 is 0 Å². The number of rotatable bonds is 5. The van der Waals surface area contributed by atoms with Gasteiger partial charge in [-0.05, 0) is 52.0 Å². The van der Waals surface area contributed by atoms with Gasteiger partial charge in [0.05, 0.1) is 21.3 Å². The molecule has 0 amide bonds. The van der Waals surface area contributed by atoms with E-state index < -0.39 is 4.92 Å². The van der Waals surface area contributed by atoms with Crippen molar-refractivity contribution in [3.63, 3.8) is 0 Å². The first kappa shape index (κ1) is 24.7. The average molecular weight is 441 g/mol. The molecule has 0 aliphatic heterocycles. The summed E-state index contributed by atoms with van der Waals surface area (Å²) >= 11 is 0. The van der Waals surface area contributed by atoms with Gasteiger partial charge in [0.1, 0.15) is 5.39 Å². The van der Waals surface area contributed by atoms with Gasteiger partial charge in [-0.2, -0.15) is 4.73 Å². The maximum atomic E-state index is 11.7. The van der Waals surface area contributed by atoms with Gasteiger partial charge in [0.25, 0.3) is 5.69 Å². The molecule has 29 heavy (non-hydrogen) atoms. The zero-order valence-corrected chi connectivity index (χ0v) is 18.5. The van der Waals surface area contributed by atoms with Crippen LogP contribution in [0.3, 0.4) is 0 Å². The fourth-order valence-electron chi connectivity index (χ4n) is 3.46. The standard InChI is InChI=1S/C20H24N4O3.2ClH/c1-13-7-5-8-15-18(21-11-6-12-22(3)4)17-16(24(26)27)10-9-14(2)20(17)23(25)19(13)15;;/h5,7-10,25H,6,11-12H2,1-4H3;2*1H. The van der Waals surface area contributed by atoms with E-state index in [1.807, 2.05) is 46.1 Å². The van der Waals surface area contributed by atoms with Crippen LogP contribution in [-0.4, -0.2) is 46.9 Å². The molecule has 158 valence electrons. The molecule has 0 saturated carbocycles. The molecule has 1 N–H and O–H groups in total. The topological polar surface area (TPSA) is 83.9 Å². The normalized spacial score (nSPS) is 11.6. The maximum Gasteiger partial charge on any atom is 0.281 e. The van der Waals surface area contributed by atoms with Crippen molar-refractivity contribution in [2.45, 2.75) is 20.3 Å². The van der Waals surface area contributed by atoms with Crippen LogP contribution in [0, 0.1) is 24.0 Å². The highest BCUT2D eigenvalue weighted by Gasteiger charge is 2.21. The van der Waals surface area contributed by atoms with Gasteiger partial charge in [-0.15, -0.1) is 24.8 Å². The van der Waals surface area contributed by atoms with E-state index in [0.717, 1.165) is 28.8 Å². The Morgan fingerprint density at radius 1 is 1.10 bits per heavy atom. The number of halogens is 2. The molecule has 0 fully saturated rings. The first-order valence-electron chi connectivity index (χ1n) is 8.89. The lowest BCUT2D eigenvalue weighted by Crippen LogP contribution is -2.17. The SMILES string of the molecule is Cc1cccc2c(=NCCCN(C)C)c3c([N+](=O)[O-])ccc(C)c3n(O)c12.Cl.Cl. The van der Waals surface area contributed by atoms with Gasteiger partial charge in [0, 0.05) is 18.0 Å². The lowest BCUT2D eigenvalue weighted by molar-refractivity contribution is -0.383. The number of nitrogens with zero attached hydrogens (tertiary/aromatic N) is 4. The van der Waals surface area contributed by atoms with Crippen molar-refractivity contribution in [1.29, 1.82) is 0 Å². The second-order valence-corrected chi connectivity index (χ2v) is 7.05. The van der Waals surface area contributed by atoms with Crippen LogP contribution in [0.25, 0.3) is 21.8 Å². The third kappa shape index (κ3) is 4.63. The molecule has 0 saturated heterocycles. The molecular formula is C20H26Cl2N4O3. The van der Waals surface area contributed by atoms with Crippen LogP contribution < -0.4 is 5.36 Å². The summed E-state index contributed by atoms with van der Waals surface area (Å²) in [4.78, 5) is 18.1. The number of para-hydroxylation sites is 1. The lowest BCUT2D eigenvalue weighted by atomic mass is 10.0. The summed E-state index contributed by atoms with van der Waals surface area (Å²) in [6.07, 6.45) is 0.843. The van der Waals surface area contributed by atoms with E-state index in [4.69, 9.17) is 4.99 Å². The van der Waals surface area contributed by atoms with Crippen molar-refractivity contribution < 1.29 is 10.1 Å². The molecule has 0 bridgehead atoms. The zero-order valence-electron chi connectivity index (χ0n) is 16.9. The van der Waals surface area contributed by atoms with E-state index in [9.17, 15) is 15.3 Å². The fourth-order valence-corrected chi connectivity index (χ4v) is 3.46. The first-order chi connectivity index (χ1) is 12.8. The van der Waals surface area contributed by atoms with Crippen molar-refractivity contribution in [2.75, 3.05) is 27.2 Å². The highest BCUT2D eigenvalue weighted by atomic mass is 35.5. The molecule has 7 nitrogen and oxygen atoms in total. The highest BCUT2D eigenvalue weighted by molar-refractivity contribution is 5.99. The number of pyridine rings is 1. The van der Waals surface area contributed by atoms with Crippen molar-refractivity contribution in [2.24, 2.45) is 4.99 Å². The van der Waals surface area contributed by atoms with Gasteiger partial charge in [-0.25, -0.2) is 0 Å². The van der Waals surface area contributed by atoms with Crippen LogP contribution in [0.4, 0.5) is 5.69 Å². The first-order valence-corrected chi connectivity index (χ1v) is 8.89. The minimum atomic E-state index is -0.414. The second kappa shape index (κ2) is 9.91. The molecule has 1 heterocycles. The summed E-state index contributed by atoms with van der Waals surface area (Å²) in [7, 11) is 4.00. The molecule has 0 atom stereocenters. The molecule has 0 spiro atoms. The molecule has 3 aromatic rings. The fraction of sp³-hybridized carbons (Fsp3) is 0.350.